The van der Waals surface area contributed by atoms with Gasteiger partial charge in [-0.15, -0.1) is 0 Å². The van der Waals surface area contributed by atoms with Crippen LogP contribution < -0.4 is 11.1 Å². The minimum atomic E-state index is -0.591. The van der Waals surface area contributed by atoms with Crippen LogP contribution in [0.25, 0.3) is 33.2 Å². The number of benzene rings is 2. The highest BCUT2D eigenvalue weighted by molar-refractivity contribution is 5.87. The van der Waals surface area contributed by atoms with Crippen LogP contribution in [0.4, 0.5) is 4.79 Å². The first-order valence-electron chi connectivity index (χ1n) is 12.1. The molecular weight excluding hydrogens is 454 g/mol. The van der Waals surface area contributed by atoms with Crippen molar-refractivity contribution in [2.45, 2.75) is 52.8 Å². The van der Waals surface area contributed by atoms with Gasteiger partial charge in [-0.1, -0.05) is 25.1 Å². The molecule has 0 radical (unpaired) electrons. The quantitative estimate of drug-likeness (QED) is 0.337. The van der Waals surface area contributed by atoms with Crippen LogP contribution in [0.1, 0.15) is 39.0 Å². The summed E-state index contributed by atoms with van der Waals surface area (Å²) in [4.78, 5) is 17.1. The zero-order valence-electron chi connectivity index (χ0n) is 21.2. The van der Waals surface area contributed by atoms with Gasteiger partial charge in [-0.3, -0.25) is 9.67 Å². The van der Waals surface area contributed by atoms with Crippen molar-refractivity contribution in [2.24, 2.45) is 5.73 Å². The Labute approximate surface area is 211 Å². The summed E-state index contributed by atoms with van der Waals surface area (Å²) in [6.45, 7) is 8.98. The number of hydrogen-bond donors (Lipinski definition) is 3. The molecule has 188 valence electrons. The average Bonchev–Trinajstić information content (AvgIpc) is 3.24. The molecule has 0 fully saturated rings. The number of amides is 1. The van der Waals surface area contributed by atoms with Gasteiger partial charge in [0.05, 0.1) is 30.5 Å². The number of pyridine rings is 1. The number of alkyl carbamates (subject to hydrolysis) is 1. The number of nitrogens with two attached hydrogens (primary N) is 1. The van der Waals surface area contributed by atoms with Gasteiger partial charge in [0, 0.05) is 29.3 Å². The molecule has 0 unspecified atom stereocenters. The van der Waals surface area contributed by atoms with Gasteiger partial charge in [0.1, 0.15) is 11.4 Å². The van der Waals surface area contributed by atoms with Crippen molar-refractivity contribution >= 4 is 17.0 Å². The number of phenols is 1. The summed E-state index contributed by atoms with van der Waals surface area (Å²) >= 11 is 0. The van der Waals surface area contributed by atoms with Crippen molar-refractivity contribution in [3.8, 4) is 28.0 Å². The molecule has 8 nitrogen and oxygen atoms in total. The van der Waals surface area contributed by atoms with Crippen molar-refractivity contribution in [1.82, 2.24) is 20.1 Å². The normalized spacial score (nSPS) is 11.6. The van der Waals surface area contributed by atoms with Crippen LogP contribution in [0.15, 0.2) is 54.9 Å². The summed E-state index contributed by atoms with van der Waals surface area (Å²) < 4.78 is 7.31. The highest BCUT2D eigenvalue weighted by Crippen LogP contribution is 2.36. The Balaban J connectivity index is 1.79. The molecular formula is C28H33N5O3. The average molecular weight is 488 g/mol. The number of ether oxygens (including phenoxy) is 1. The summed E-state index contributed by atoms with van der Waals surface area (Å²) in [6.07, 6.45) is 3.97. The summed E-state index contributed by atoms with van der Waals surface area (Å²) in [5, 5.41) is 18.2. The fourth-order valence-corrected chi connectivity index (χ4v) is 4.34. The Hall–Kier alpha value is -3.91. The first-order chi connectivity index (χ1) is 17.2. The van der Waals surface area contributed by atoms with Crippen molar-refractivity contribution in [3.63, 3.8) is 0 Å². The molecule has 2 heterocycles. The maximum absolute atomic E-state index is 12.3. The Bertz CT molecular complexity index is 1370. The lowest BCUT2D eigenvalue weighted by atomic mass is 9.90. The summed E-state index contributed by atoms with van der Waals surface area (Å²) in [5.74, 6) is 0.189. The molecule has 4 aromatic rings. The van der Waals surface area contributed by atoms with Gasteiger partial charge in [-0.05, 0) is 68.1 Å². The number of nitrogens with zero attached hydrogens (tertiary/aromatic N) is 3. The second kappa shape index (κ2) is 10.4. The zero-order valence-corrected chi connectivity index (χ0v) is 21.2. The van der Waals surface area contributed by atoms with Crippen molar-refractivity contribution in [3.05, 3.63) is 66.1 Å². The van der Waals surface area contributed by atoms with E-state index in [1.54, 1.807) is 12.1 Å². The molecule has 0 saturated carbocycles. The molecule has 0 bridgehead atoms. The topological polar surface area (TPSA) is 115 Å². The molecule has 0 aliphatic carbocycles. The van der Waals surface area contributed by atoms with Crippen molar-refractivity contribution in [1.29, 1.82) is 0 Å². The molecule has 0 atom stereocenters. The highest BCUT2D eigenvalue weighted by atomic mass is 16.6. The SMILES string of the molecule is CCc1c(-c2ccc3c(cnn3CCN)c2)cnc(CNC(=O)OC(C)(C)C)c1-c1ccc(O)cc1. The number of carbonyl (C=O) groups is 1. The van der Waals surface area contributed by atoms with Crippen LogP contribution in [-0.2, 0) is 24.2 Å². The van der Waals surface area contributed by atoms with Crippen molar-refractivity contribution < 1.29 is 14.6 Å². The van der Waals surface area contributed by atoms with E-state index < -0.39 is 11.7 Å². The lowest BCUT2D eigenvalue weighted by Crippen LogP contribution is -2.32. The van der Waals surface area contributed by atoms with Crippen molar-refractivity contribution in [2.75, 3.05) is 6.54 Å². The molecule has 2 aromatic carbocycles. The number of aromatic nitrogens is 3. The number of phenolic OH excluding ortho intramolecular Hbond substituents is 1. The molecule has 4 rings (SSSR count). The number of nitrogens with one attached hydrogen (secondary N) is 1. The number of aromatic hydroxyl groups is 1. The largest absolute Gasteiger partial charge is 0.508 e. The standard InChI is InChI=1S/C28H33N5O3/c1-5-22-23(19-8-11-25-20(14-19)15-32-33(25)13-12-29)16-30-24(17-31-27(35)36-28(2,3)4)26(22)18-6-9-21(34)10-7-18/h6-11,14-16,34H,5,12-13,17,29H2,1-4H3,(H,31,35). The number of hydrogen-bond acceptors (Lipinski definition) is 6. The fraction of sp³-hybridized carbons (Fsp3) is 0.321. The third kappa shape index (κ3) is 5.49. The first kappa shape index (κ1) is 25.2. The van der Waals surface area contributed by atoms with Gasteiger partial charge in [-0.25, -0.2) is 4.79 Å². The highest BCUT2D eigenvalue weighted by Gasteiger charge is 2.20. The molecule has 0 saturated heterocycles. The van der Waals surface area contributed by atoms with E-state index in [0.29, 0.717) is 13.1 Å². The van der Waals surface area contributed by atoms with E-state index in [0.717, 1.165) is 50.8 Å². The number of rotatable bonds is 7. The van der Waals surface area contributed by atoms with Crippen LogP contribution in [0.5, 0.6) is 5.75 Å². The molecule has 1 amide bonds. The zero-order chi connectivity index (χ0) is 25.9. The first-order valence-corrected chi connectivity index (χ1v) is 12.1. The number of fused-ring (bicyclic) bond motifs is 1. The molecule has 0 spiro atoms. The molecule has 2 aromatic heterocycles. The van der Waals surface area contributed by atoms with Crippen LogP contribution in [0, 0.1) is 0 Å². The minimum absolute atomic E-state index is 0.189. The Morgan fingerprint density at radius 2 is 1.83 bits per heavy atom. The number of carbonyl (C=O) groups excluding carboxylic acids is 1. The van der Waals surface area contributed by atoms with Gasteiger partial charge in [0.2, 0.25) is 0 Å². The Kier molecular flexibility index (Phi) is 7.26. The van der Waals surface area contributed by atoms with Gasteiger partial charge < -0.3 is 20.9 Å². The van der Waals surface area contributed by atoms with Crippen LogP contribution in [0.2, 0.25) is 0 Å². The minimum Gasteiger partial charge on any atom is -0.508 e. The lowest BCUT2D eigenvalue weighted by Gasteiger charge is -2.21. The van der Waals surface area contributed by atoms with Crippen LogP contribution >= 0.6 is 0 Å². The predicted octanol–water partition coefficient (Wildman–Crippen LogP) is 5.02. The van der Waals surface area contributed by atoms with E-state index in [4.69, 9.17) is 15.5 Å². The van der Waals surface area contributed by atoms with E-state index in [-0.39, 0.29) is 12.3 Å². The summed E-state index contributed by atoms with van der Waals surface area (Å²) in [6, 6.07) is 13.3. The third-order valence-electron chi connectivity index (χ3n) is 5.87. The molecule has 8 heteroatoms. The van der Waals surface area contributed by atoms with Crippen LogP contribution in [-0.4, -0.2) is 38.1 Å². The smallest absolute Gasteiger partial charge is 0.407 e. The van der Waals surface area contributed by atoms with Gasteiger partial charge >= 0.3 is 6.09 Å². The maximum atomic E-state index is 12.3. The van der Waals surface area contributed by atoms with E-state index >= 15 is 0 Å². The molecule has 4 N–H and O–H groups in total. The fourth-order valence-electron chi connectivity index (χ4n) is 4.34. The third-order valence-corrected chi connectivity index (χ3v) is 5.87. The Morgan fingerprint density at radius 1 is 1.11 bits per heavy atom. The monoisotopic (exact) mass is 487 g/mol. The molecule has 0 aliphatic heterocycles. The summed E-state index contributed by atoms with van der Waals surface area (Å²) in [7, 11) is 0. The van der Waals surface area contributed by atoms with Crippen LogP contribution in [0.3, 0.4) is 0 Å². The van der Waals surface area contributed by atoms with E-state index in [1.807, 2.05) is 50.0 Å². The second-order valence-electron chi connectivity index (χ2n) is 9.66. The lowest BCUT2D eigenvalue weighted by molar-refractivity contribution is 0.0523. The maximum Gasteiger partial charge on any atom is 0.407 e. The summed E-state index contributed by atoms with van der Waals surface area (Å²) in [5.41, 5.74) is 11.9. The van der Waals surface area contributed by atoms with E-state index in [9.17, 15) is 9.90 Å². The van der Waals surface area contributed by atoms with E-state index in [2.05, 4.69) is 35.5 Å². The Morgan fingerprint density at radius 3 is 2.50 bits per heavy atom. The van der Waals surface area contributed by atoms with E-state index in [1.165, 1.54) is 0 Å². The van der Waals surface area contributed by atoms with Gasteiger partial charge in [-0.2, -0.15) is 5.10 Å². The molecule has 0 aliphatic rings. The molecule has 36 heavy (non-hydrogen) atoms. The van der Waals surface area contributed by atoms with Gasteiger partial charge in [0.15, 0.2) is 0 Å². The second-order valence-corrected chi connectivity index (χ2v) is 9.66. The van der Waals surface area contributed by atoms with Gasteiger partial charge in [0.25, 0.3) is 0 Å². The predicted molar refractivity (Wildman–Crippen MR) is 142 cm³/mol.